The average Bonchev–Trinajstić information content (AvgIpc) is 2.49. The first-order valence-corrected chi connectivity index (χ1v) is 7.63. The van der Waals surface area contributed by atoms with E-state index < -0.39 is 0 Å². The summed E-state index contributed by atoms with van der Waals surface area (Å²) in [5.41, 5.74) is 7.17. The minimum absolute atomic E-state index is 0.0960. The Kier molecular flexibility index (Phi) is 3.95. The van der Waals surface area contributed by atoms with Gasteiger partial charge < -0.3 is 20.1 Å². The molecule has 6 heteroatoms. The van der Waals surface area contributed by atoms with Gasteiger partial charge in [-0.15, -0.1) is 0 Å². The summed E-state index contributed by atoms with van der Waals surface area (Å²) >= 11 is 6.29. The number of rotatable bonds is 2. The minimum atomic E-state index is -0.162. The van der Waals surface area contributed by atoms with Gasteiger partial charge in [-0.3, -0.25) is 4.79 Å². The molecule has 2 unspecified atom stereocenters. The first-order chi connectivity index (χ1) is 10.1. The van der Waals surface area contributed by atoms with E-state index >= 15 is 0 Å². The van der Waals surface area contributed by atoms with Crippen molar-refractivity contribution in [2.24, 2.45) is 5.73 Å². The molecule has 1 saturated heterocycles. The normalized spacial score (nSPS) is 25.1. The van der Waals surface area contributed by atoms with Crippen molar-refractivity contribution in [3.05, 3.63) is 22.7 Å². The molecule has 2 aliphatic heterocycles. The van der Waals surface area contributed by atoms with Crippen LogP contribution in [0.25, 0.3) is 0 Å². The molecule has 2 N–H and O–H groups in total. The van der Waals surface area contributed by atoms with Gasteiger partial charge in [-0.05, 0) is 31.0 Å². The lowest BCUT2D eigenvalue weighted by Gasteiger charge is -2.39. The first kappa shape index (κ1) is 14.5. The largest absolute Gasteiger partial charge is 0.486 e. The summed E-state index contributed by atoms with van der Waals surface area (Å²) < 4.78 is 11.1. The first-order valence-electron chi connectivity index (χ1n) is 7.26. The Hall–Kier alpha value is -1.46. The number of nitrogens with two attached hydrogens (primary N) is 1. The zero-order valence-corrected chi connectivity index (χ0v) is 12.7. The number of ether oxygens (including phenoxy) is 2. The van der Waals surface area contributed by atoms with Gasteiger partial charge in [0.15, 0.2) is 11.5 Å². The maximum absolute atomic E-state index is 12.1. The second kappa shape index (κ2) is 5.73. The molecule has 0 radical (unpaired) electrons. The average molecular weight is 311 g/mol. The van der Waals surface area contributed by atoms with Crippen molar-refractivity contribution in [3.8, 4) is 11.5 Å². The number of benzene rings is 1. The van der Waals surface area contributed by atoms with E-state index in [2.05, 4.69) is 0 Å². The molecule has 2 atom stereocenters. The van der Waals surface area contributed by atoms with Gasteiger partial charge >= 0.3 is 0 Å². The van der Waals surface area contributed by atoms with Gasteiger partial charge in [0, 0.05) is 19.0 Å². The Balaban J connectivity index is 2.01. The number of hydrogen-bond donors (Lipinski definition) is 1. The third-order valence-corrected chi connectivity index (χ3v) is 4.34. The topological polar surface area (TPSA) is 64.8 Å². The Morgan fingerprint density at radius 3 is 2.90 bits per heavy atom. The number of nitrogens with zero attached hydrogens (tertiary/aromatic N) is 1. The van der Waals surface area contributed by atoms with Crippen LogP contribution in [0.1, 0.15) is 31.4 Å². The summed E-state index contributed by atoms with van der Waals surface area (Å²) in [5, 5.41) is 0.503. The lowest BCUT2D eigenvalue weighted by atomic mass is 9.90. The molecule has 0 aromatic heterocycles. The Bertz CT molecular complexity index is 564. The third-order valence-electron chi connectivity index (χ3n) is 4.05. The van der Waals surface area contributed by atoms with Crippen molar-refractivity contribution in [3.63, 3.8) is 0 Å². The number of likely N-dealkylation sites (N-methyl/N-ethyl adjacent to an activating group) is 1. The molecule has 0 saturated carbocycles. The van der Waals surface area contributed by atoms with Crippen molar-refractivity contribution in [2.75, 3.05) is 19.8 Å². The zero-order valence-electron chi connectivity index (χ0n) is 12.0. The van der Waals surface area contributed by atoms with Crippen LogP contribution in [0, 0.1) is 0 Å². The van der Waals surface area contributed by atoms with E-state index in [1.165, 1.54) is 0 Å². The van der Waals surface area contributed by atoms with E-state index in [0.717, 1.165) is 5.56 Å². The van der Waals surface area contributed by atoms with Crippen LogP contribution in [0.4, 0.5) is 0 Å². The molecule has 0 spiro atoms. The van der Waals surface area contributed by atoms with Gasteiger partial charge in [-0.25, -0.2) is 0 Å². The smallest absolute Gasteiger partial charge is 0.223 e. The number of halogens is 1. The fourth-order valence-corrected chi connectivity index (χ4v) is 3.35. The predicted molar refractivity (Wildman–Crippen MR) is 79.8 cm³/mol. The van der Waals surface area contributed by atoms with Crippen LogP contribution in [0.3, 0.4) is 0 Å². The number of hydrogen-bond acceptors (Lipinski definition) is 4. The minimum Gasteiger partial charge on any atom is -0.486 e. The summed E-state index contributed by atoms with van der Waals surface area (Å²) in [4.78, 5) is 13.9. The van der Waals surface area contributed by atoms with Crippen LogP contribution in [-0.2, 0) is 4.79 Å². The summed E-state index contributed by atoms with van der Waals surface area (Å²) in [5.74, 6) is 1.34. The van der Waals surface area contributed by atoms with Gasteiger partial charge in [-0.1, -0.05) is 11.6 Å². The molecule has 2 heterocycles. The van der Waals surface area contributed by atoms with Gasteiger partial charge in [0.05, 0.1) is 11.1 Å². The number of carbonyl (C=O) groups excluding carboxylic acids is 1. The third kappa shape index (κ3) is 2.56. The number of fused-ring (bicyclic) bond motifs is 1. The second-order valence-electron chi connectivity index (χ2n) is 5.35. The molecule has 1 amide bonds. The summed E-state index contributed by atoms with van der Waals surface area (Å²) in [6.45, 7) is 3.58. The Morgan fingerprint density at radius 1 is 1.38 bits per heavy atom. The van der Waals surface area contributed by atoms with Crippen LogP contribution in [-0.4, -0.2) is 36.6 Å². The van der Waals surface area contributed by atoms with Crippen LogP contribution in [0.2, 0.25) is 5.02 Å². The van der Waals surface area contributed by atoms with E-state index in [0.29, 0.717) is 49.1 Å². The molecule has 1 fully saturated rings. The highest BCUT2D eigenvalue weighted by Gasteiger charge is 2.35. The number of carbonyl (C=O) groups is 1. The fourth-order valence-electron chi connectivity index (χ4n) is 3.08. The van der Waals surface area contributed by atoms with E-state index in [-0.39, 0.29) is 18.0 Å². The molecule has 21 heavy (non-hydrogen) atoms. The summed E-state index contributed by atoms with van der Waals surface area (Å²) in [6, 6.07) is 3.47. The molecule has 1 aromatic rings. The van der Waals surface area contributed by atoms with Gasteiger partial charge in [0.25, 0.3) is 0 Å². The molecule has 2 aliphatic rings. The SMILES string of the molecule is CCN1C(=O)CCC(N)C1c1cc(Cl)c2c(c1)OCCO2. The molecule has 114 valence electrons. The molecular formula is C15H19ClN2O3. The quantitative estimate of drug-likeness (QED) is 0.909. The number of amides is 1. The molecule has 5 nitrogen and oxygen atoms in total. The zero-order chi connectivity index (χ0) is 15.0. The van der Waals surface area contributed by atoms with Crippen LogP contribution >= 0.6 is 11.6 Å². The Labute approximate surface area is 128 Å². The number of piperidine rings is 1. The van der Waals surface area contributed by atoms with Crippen molar-refractivity contribution in [1.82, 2.24) is 4.90 Å². The standard InChI is InChI=1S/C15H19ClN2O3/c1-2-18-13(19)4-3-11(17)14(18)9-7-10(16)15-12(8-9)20-5-6-21-15/h7-8,11,14H,2-6,17H2,1H3. The van der Waals surface area contributed by atoms with E-state index in [4.69, 9.17) is 26.8 Å². The van der Waals surface area contributed by atoms with Crippen LogP contribution < -0.4 is 15.2 Å². The highest BCUT2D eigenvalue weighted by atomic mass is 35.5. The second-order valence-corrected chi connectivity index (χ2v) is 5.76. The molecule has 3 rings (SSSR count). The molecule has 0 bridgehead atoms. The highest BCUT2D eigenvalue weighted by Crippen LogP contribution is 2.42. The van der Waals surface area contributed by atoms with E-state index in [1.54, 1.807) is 0 Å². The lowest BCUT2D eigenvalue weighted by molar-refractivity contribution is -0.137. The van der Waals surface area contributed by atoms with Crippen molar-refractivity contribution in [1.29, 1.82) is 0 Å². The molecule has 0 aliphatic carbocycles. The monoisotopic (exact) mass is 310 g/mol. The van der Waals surface area contributed by atoms with Gasteiger partial charge in [-0.2, -0.15) is 0 Å². The van der Waals surface area contributed by atoms with Crippen LogP contribution in [0.5, 0.6) is 11.5 Å². The van der Waals surface area contributed by atoms with Crippen LogP contribution in [0.15, 0.2) is 12.1 Å². The predicted octanol–water partition coefficient (Wildman–Crippen LogP) is 2.12. The van der Waals surface area contributed by atoms with Gasteiger partial charge in [0.2, 0.25) is 5.91 Å². The fraction of sp³-hybridized carbons (Fsp3) is 0.533. The maximum Gasteiger partial charge on any atom is 0.223 e. The highest BCUT2D eigenvalue weighted by molar-refractivity contribution is 6.32. The Morgan fingerprint density at radius 2 is 2.14 bits per heavy atom. The molecular weight excluding hydrogens is 292 g/mol. The van der Waals surface area contributed by atoms with Crippen molar-refractivity contribution >= 4 is 17.5 Å². The molecule has 1 aromatic carbocycles. The summed E-state index contributed by atoms with van der Waals surface area (Å²) in [6.07, 6.45) is 1.19. The van der Waals surface area contributed by atoms with Crippen molar-refractivity contribution in [2.45, 2.75) is 31.8 Å². The van der Waals surface area contributed by atoms with E-state index in [9.17, 15) is 4.79 Å². The maximum atomic E-state index is 12.1. The van der Waals surface area contributed by atoms with E-state index in [1.807, 2.05) is 24.0 Å². The summed E-state index contributed by atoms with van der Waals surface area (Å²) in [7, 11) is 0. The van der Waals surface area contributed by atoms with Gasteiger partial charge in [0.1, 0.15) is 13.2 Å². The lowest BCUT2D eigenvalue weighted by Crippen LogP contribution is -2.48. The number of likely N-dealkylation sites (tertiary alicyclic amines) is 1. The van der Waals surface area contributed by atoms with Crippen molar-refractivity contribution < 1.29 is 14.3 Å².